The average Bonchev–Trinajstić information content (AvgIpc) is 2.61. The van der Waals surface area contributed by atoms with E-state index < -0.39 is 0 Å². The van der Waals surface area contributed by atoms with Crippen LogP contribution in [0, 0.1) is 0 Å². The molecule has 0 heterocycles. The second-order valence-corrected chi connectivity index (χ2v) is 6.91. The Bertz CT molecular complexity index is 737. The van der Waals surface area contributed by atoms with E-state index in [2.05, 4.69) is 48.7 Å². The van der Waals surface area contributed by atoms with Gasteiger partial charge < -0.3 is 15.5 Å². The predicted octanol–water partition coefficient (Wildman–Crippen LogP) is 1.82. The van der Waals surface area contributed by atoms with Gasteiger partial charge in [-0.2, -0.15) is 0 Å². The van der Waals surface area contributed by atoms with E-state index >= 15 is 0 Å². The first-order chi connectivity index (χ1) is 12.4. The predicted molar refractivity (Wildman–Crippen MR) is 104 cm³/mol. The van der Waals surface area contributed by atoms with Gasteiger partial charge in [-0.15, -0.1) is 0 Å². The lowest BCUT2D eigenvalue weighted by atomic mass is 10.0. The van der Waals surface area contributed by atoms with Gasteiger partial charge in [-0.05, 0) is 35.7 Å². The van der Waals surface area contributed by atoms with Gasteiger partial charge in [0, 0.05) is 23.9 Å². The van der Waals surface area contributed by atoms with Gasteiger partial charge in [0.05, 0.1) is 7.05 Å². The Morgan fingerprint density at radius 1 is 1.00 bits per heavy atom. The Hall–Kier alpha value is -2.66. The molecule has 5 nitrogen and oxygen atoms in total. The fourth-order valence-corrected chi connectivity index (χ4v) is 2.76. The molecule has 2 aromatic rings. The fourth-order valence-electron chi connectivity index (χ4n) is 2.76. The van der Waals surface area contributed by atoms with Crippen LogP contribution in [0.25, 0.3) is 0 Å². The van der Waals surface area contributed by atoms with Gasteiger partial charge in [-0.3, -0.25) is 9.59 Å². The average molecular weight is 354 g/mol. The fraction of sp³-hybridized carbons (Fsp3) is 0.333. The summed E-state index contributed by atoms with van der Waals surface area (Å²) < 4.78 is 0. The smallest absolute Gasteiger partial charge is 0.279 e. The van der Waals surface area contributed by atoms with Crippen molar-refractivity contribution in [2.75, 3.05) is 26.0 Å². The first-order valence-corrected chi connectivity index (χ1v) is 8.91. The van der Waals surface area contributed by atoms with Crippen molar-refractivity contribution in [2.24, 2.45) is 0 Å². The van der Waals surface area contributed by atoms with Crippen molar-refractivity contribution in [3.8, 4) is 0 Å². The number of nitrogens with one attached hydrogen (secondary N) is 3. The minimum Gasteiger partial charge on any atom is -0.355 e. The third-order valence-corrected chi connectivity index (χ3v) is 4.27. The maximum atomic E-state index is 12.2. The number of quaternary nitrogens is 1. The third-order valence-electron chi connectivity index (χ3n) is 4.27. The summed E-state index contributed by atoms with van der Waals surface area (Å²) in [4.78, 5) is 24.9. The number of hydrogen-bond donors (Lipinski definition) is 3. The second kappa shape index (κ2) is 9.15. The van der Waals surface area contributed by atoms with E-state index in [4.69, 9.17) is 0 Å². The molecule has 0 saturated carbocycles. The standard InChI is InChI=1S/C21H27N3O2/c1-15(2)17-7-5-16(6-8-17)13-24(4)14-20(25)23-19-11-9-18(10-12-19)21(26)22-3/h5-12,15H,13-14H2,1-4H3,(H,22,26)(H,23,25)/p+1. The molecule has 0 spiro atoms. The highest BCUT2D eigenvalue weighted by molar-refractivity contribution is 5.95. The summed E-state index contributed by atoms with van der Waals surface area (Å²) in [7, 11) is 3.59. The summed E-state index contributed by atoms with van der Waals surface area (Å²) in [5.74, 6) is 0.333. The molecular formula is C21H28N3O2+. The van der Waals surface area contributed by atoms with Gasteiger partial charge in [-0.25, -0.2) is 0 Å². The molecule has 0 fully saturated rings. The van der Waals surface area contributed by atoms with E-state index in [-0.39, 0.29) is 11.8 Å². The molecule has 0 saturated heterocycles. The van der Waals surface area contributed by atoms with Crippen LogP contribution in [0.5, 0.6) is 0 Å². The summed E-state index contributed by atoms with van der Waals surface area (Å²) >= 11 is 0. The van der Waals surface area contributed by atoms with Crippen LogP contribution in [-0.4, -0.2) is 32.5 Å². The number of carbonyl (C=O) groups is 2. The van der Waals surface area contributed by atoms with Crippen molar-refractivity contribution in [3.63, 3.8) is 0 Å². The van der Waals surface area contributed by atoms with Crippen LogP contribution in [-0.2, 0) is 11.3 Å². The monoisotopic (exact) mass is 354 g/mol. The topological polar surface area (TPSA) is 62.6 Å². The Labute approximate surface area is 155 Å². The van der Waals surface area contributed by atoms with E-state index in [1.807, 2.05) is 7.05 Å². The number of carbonyl (C=O) groups excluding carboxylic acids is 2. The quantitative estimate of drug-likeness (QED) is 0.710. The number of benzene rings is 2. The molecule has 0 radical (unpaired) electrons. The minimum atomic E-state index is -0.143. The van der Waals surface area contributed by atoms with Crippen LogP contribution >= 0.6 is 0 Å². The first kappa shape index (κ1) is 19.7. The molecule has 2 amide bonds. The van der Waals surface area contributed by atoms with Crippen LogP contribution in [0.2, 0.25) is 0 Å². The van der Waals surface area contributed by atoms with Gasteiger partial charge >= 0.3 is 0 Å². The summed E-state index contributed by atoms with van der Waals surface area (Å²) in [6, 6.07) is 15.4. The van der Waals surface area contributed by atoms with E-state index in [0.29, 0.717) is 23.7 Å². The van der Waals surface area contributed by atoms with Crippen molar-refractivity contribution >= 4 is 17.5 Å². The molecule has 3 N–H and O–H groups in total. The van der Waals surface area contributed by atoms with E-state index in [9.17, 15) is 9.59 Å². The Morgan fingerprint density at radius 3 is 2.15 bits per heavy atom. The second-order valence-electron chi connectivity index (χ2n) is 6.91. The maximum absolute atomic E-state index is 12.2. The molecule has 1 atom stereocenters. The molecule has 0 bridgehead atoms. The van der Waals surface area contributed by atoms with Crippen LogP contribution in [0.15, 0.2) is 48.5 Å². The highest BCUT2D eigenvalue weighted by atomic mass is 16.2. The summed E-state index contributed by atoms with van der Waals surface area (Å²) in [5, 5.41) is 5.45. The Morgan fingerprint density at radius 2 is 1.62 bits per heavy atom. The van der Waals surface area contributed by atoms with Gasteiger partial charge in [-0.1, -0.05) is 38.1 Å². The first-order valence-electron chi connectivity index (χ1n) is 8.91. The van der Waals surface area contributed by atoms with E-state index in [1.165, 1.54) is 11.1 Å². The Kier molecular flexibility index (Phi) is 6.92. The number of rotatable bonds is 7. The highest BCUT2D eigenvalue weighted by Crippen LogP contribution is 2.14. The molecule has 2 rings (SSSR count). The van der Waals surface area contributed by atoms with Crippen LogP contribution < -0.4 is 15.5 Å². The zero-order chi connectivity index (χ0) is 19.1. The minimum absolute atomic E-state index is 0.0472. The van der Waals surface area contributed by atoms with Crippen molar-refractivity contribution in [3.05, 3.63) is 65.2 Å². The number of amides is 2. The molecule has 0 aliphatic rings. The zero-order valence-corrected chi connectivity index (χ0v) is 15.9. The molecule has 0 aromatic heterocycles. The molecule has 1 unspecified atom stereocenters. The van der Waals surface area contributed by atoms with Crippen LogP contribution in [0.4, 0.5) is 5.69 Å². The number of likely N-dealkylation sites (N-methyl/N-ethyl adjacent to an activating group) is 1. The van der Waals surface area contributed by atoms with E-state index in [1.54, 1.807) is 31.3 Å². The number of hydrogen-bond acceptors (Lipinski definition) is 2. The summed E-state index contributed by atoms with van der Waals surface area (Å²) in [6.45, 7) is 5.53. The Balaban J connectivity index is 1.85. The van der Waals surface area contributed by atoms with Gasteiger partial charge in [0.2, 0.25) is 0 Å². The van der Waals surface area contributed by atoms with Gasteiger partial charge in [0.1, 0.15) is 6.54 Å². The van der Waals surface area contributed by atoms with E-state index in [0.717, 1.165) is 11.4 Å². The van der Waals surface area contributed by atoms with Crippen molar-refractivity contribution in [2.45, 2.75) is 26.3 Å². The third kappa shape index (κ3) is 5.70. The lowest BCUT2D eigenvalue weighted by molar-refractivity contribution is -0.885. The van der Waals surface area contributed by atoms with Crippen molar-refractivity contribution in [1.82, 2.24) is 5.32 Å². The molecule has 0 aliphatic heterocycles. The largest absolute Gasteiger partial charge is 0.355 e. The van der Waals surface area contributed by atoms with Gasteiger partial charge in [0.25, 0.3) is 11.8 Å². The summed E-state index contributed by atoms with van der Waals surface area (Å²) in [6.07, 6.45) is 0. The van der Waals surface area contributed by atoms with Crippen molar-refractivity contribution < 1.29 is 14.5 Å². The van der Waals surface area contributed by atoms with Crippen LogP contribution in [0.3, 0.4) is 0 Å². The molecule has 2 aromatic carbocycles. The lowest BCUT2D eigenvalue weighted by Gasteiger charge is -2.15. The lowest BCUT2D eigenvalue weighted by Crippen LogP contribution is -3.08. The molecular weight excluding hydrogens is 326 g/mol. The highest BCUT2D eigenvalue weighted by Gasteiger charge is 2.12. The number of anilines is 1. The molecule has 138 valence electrons. The molecule has 26 heavy (non-hydrogen) atoms. The van der Waals surface area contributed by atoms with Gasteiger partial charge in [0.15, 0.2) is 6.54 Å². The molecule has 5 heteroatoms. The summed E-state index contributed by atoms with van der Waals surface area (Å²) in [5.41, 5.74) is 3.80. The SMILES string of the molecule is CNC(=O)c1ccc(NC(=O)C[NH+](C)Cc2ccc(C(C)C)cc2)cc1. The zero-order valence-electron chi connectivity index (χ0n) is 15.9. The maximum Gasteiger partial charge on any atom is 0.279 e. The van der Waals surface area contributed by atoms with Crippen molar-refractivity contribution in [1.29, 1.82) is 0 Å². The normalized spacial score (nSPS) is 11.9. The van der Waals surface area contributed by atoms with Crippen LogP contribution in [0.1, 0.15) is 41.3 Å². The molecule has 0 aliphatic carbocycles.